The molecule has 0 bridgehead atoms. The molecule has 0 fully saturated rings. The maximum absolute atomic E-state index is 12.6. The number of anilines is 3. The molecule has 0 unspecified atom stereocenters. The number of hydrogen-bond acceptors (Lipinski definition) is 9. The average molecular weight is 390 g/mol. The first-order valence-corrected chi connectivity index (χ1v) is 9.25. The van der Waals surface area contributed by atoms with Crippen molar-refractivity contribution in [1.29, 1.82) is 0 Å². The van der Waals surface area contributed by atoms with Gasteiger partial charge in [0.15, 0.2) is 5.13 Å². The number of nitrogens with zero attached hydrogens (tertiary/aromatic N) is 3. The quantitative estimate of drug-likeness (QED) is 0.314. The van der Waals surface area contributed by atoms with Gasteiger partial charge in [-0.15, -0.1) is 11.3 Å². The Balaban J connectivity index is 1.82. The van der Waals surface area contributed by atoms with E-state index in [0.717, 1.165) is 10.5 Å². The van der Waals surface area contributed by atoms with Gasteiger partial charge in [-0.25, -0.2) is 4.98 Å². The largest absolute Gasteiger partial charge is 0.398 e. The number of carbonyl (C=O) groups excluding carboxylic acids is 1. The van der Waals surface area contributed by atoms with E-state index in [2.05, 4.69) is 20.7 Å². The summed E-state index contributed by atoms with van der Waals surface area (Å²) in [5.74, 6) is 6.18. The Bertz CT molecular complexity index is 936. The van der Waals surface area contributed by atoms with Gasteiger partial charge in [-0.3, -0.25) is 10.1 Å². The Kier molecular flexibility index (Phi) is 5.30. The Labute approximate surface area is 157 Å². The fraction of sp³-hybridized carbons (Fsp3) is 0.133. The van der Waals surface area contributed by atoms with E-state index in [0.29, 0.717) is 33.8 Å². The van der Waals surface area contributed by atoms with Crippen molar-refractivity contribution in [2.24, 2.45) is 5.73 Å². The van der Waals surface area contributed by atoms with E-state index in [4.69, 9.17) is 17.3 Å². The van der Waals surface area contributed by atoms with Gasteiger partial charge in [0.1, 0.15) is 10.8 Å². The first-order chi connectivity index (χ1) is 12.5. The van der Waals surface area contributed by atoms with Crippen LogP contribution in [0, 0.1) is 0 Å². The fourth-order valence-electron chi connectivity index (χ4n) is 2.16. The van der Waals surface area contributed by atoms with E-state index in [1.807, 2.05) is 11.4 Å². The highest BCUT2D eigenvalue weighted by Crippen LogP contribution is 2.32. The van der Waals surface area contributed by atoms with E-state index in [1.54, 1.807) is 25.4 Å². The molecule has 8 N–H and O–H groups in total. The molecule has 0 saturated carbocycles. The lowest BCUT2D eigenvalue weighted by atomic mass is 10.1. The molecule has 0 aliphatic heterocycles. The maximum Gasteiger partial charge on any atom is 0.259 e. The van der Waals surface area contributed by atoms with Crippen LogP contribution in [0.15, 0.2) is 39.7 Å². The average Bonchev–Trinajstić information content (AvgIpc) is 3.23. The van der Waals surface area contributed by atoms with Crippen LogP contribution in [0.25, 0.3) is 0 Å². The van der Waals surface area contributed by atoms with Gasteiger partial charge in [-0.2, -0.15) is 9.89 Å². The van der Waals surface area contributed by atoms with Crippen LogP contribution in [-0.4, -0.2) is 27.8 Å². The van der Waals surface area contributed by atoms with E-state index in [9.17, 15) is 4.79 Å². The van der Waals surface area contributed by atoms with Gasteiger partial charge in [0, 0.05) is 35.1 Å². The smallest absolute Gasteiger partial charge is 0.259 e. The molecule has 3 aromatic rings. The number of nitrogens with one attached hydrogen (secondary N) is 2. The molecule has 0 saturated heterocycles. The number of aromatic nitrogens is 3. The highest BCUT2D eigenvalue weighted by molar-refractivity contribution is 7.99. The lowest BCUT2D eigenvalue weighted by molar-refractivity contribution is 0.102. The van der Waals surface area contributed by atoms with E-state index in [-0.39, 0.29) is 5.91 Å². The summed E-state index contributed by atoms with van der Waals surface area (Å²) >= 11 is 2.69. The van der Waals surface area contributed by atoms with Crippen molar-refractivity contribution >= 4 is 45.6 Å². The number of nitrogen functional groups attached to an aromatic ring is 2. The third-order valence-electron chi connectivity index (χ3n) is 3.51. The summed E-state index contributed by atoms with van der Waals surface area (Å²) < 4.78 is 0. The second-order valence-electron chi connectivity index (χ2n) is 5.22. The molecule has 26 heavy (non-hydrogen) atoms. The van der Waals surface area contributed by atoms with Crippen LogP contribution in [0.1, 0.15) is 15.9 Å². The van der Waals surface area contributed by atoms with Crippen molar-refractivity contribution in [2.45, 2.75) is 16.5 Å². The summed E-state index contributed by atoms with van der Waals surface area (Å²) in [5, 5.41) is 12.7. The standard InChI is InChI=1S/C15H18N8OS2/c1-19-12-7-25-15(21-12)22-13(24)10-4-9(2-3-11(10)17)26-14-8(5-16)6-20-23(14)18/h2-4,6-7,19H,5,16-18H2,1H3,(H,21,22,24). The van der Waals surface area contributed by atoms with Gasteiger partial charge >= 0.3 is 0 Å². The molecule has 0 atom stereocenters. The molecular formula is C15H18N8OS2. The van der Waals surface area contributed by atoms with Crippen LogP contribution in [0.3, 0.4) is 0 Å². The molecule has 11 heteroatoms. The first-order valence-electron chi connectivity index (χ1n) is 7.56. The van der Waals surface area contributed by atoms with Crippen molar-refractivity contribution in [3.05, 3.63) is 40.9 Å². The summed E-state index contributed by atoms with van der Waals surface area (Å²) in [7, 11) is 1.76. The van der Waals surface area contributed by atoms with Crippen molar-refractivity contribution in [2.75, 3.05) is 29.3 Å². The summed E-state index contributed by atoms with van der Waals surface area (Å²) in [6.07, 6.45) is 1.62. The molecule has 2 aromatic heterocycles. The zero-order valence-corrected chi connectivity index (χ0v) is 15.5. The molecule has 0 spiro atoms. The number of hydrogen-bond donors (Lipinski definition) is 5. The lowest BCUT2D eigenvalue weighted by Crippen LogP contribution is -2.14. The second kappa shape index (κ2) is 7.64. The molecule has 0 aliphatic carbocycles. The zero-order chi connectivity index (χ0) is 18.7. The minimum absolute atomic E-state index is 0.319. The molecule has 0 aliphatic rings. The minimum atomic E-state index is -0.331. The maximum atomic E-state index is 12.6. The molecule has 2 heterocycles. The van der Waals surface area contributed by atoms with Crippen LogP contribution in [0.2, 0.25) is 0 Å². The summed E-state index contributed by atoms with van der Waals surface area (Å²) in [4.78, 5) is 18.8. The van der Waals surface area contributed by atoms with Gasteiger partial charge in [0.2, 0.25) is 0 Å². The SMILES string of the molecule is CNc1csc(NC(=O)c2cc(Sc3c(CN)cnn3N)ccc2N)n1. The van der Waals surface area contributed by atoms with Crippen LogP contribution in [0.4, 0.5) is 16.6 Å². The number of carbonyl (C=O) groups is 1. The Morgan fingerprint density at radius 2 is 2.23 bits per heavy atom. The van der Waals surface area contributed by atoms with E-state index < -0.39 is 0 Å². The number of rotatable bonds is 6. The third kappa shape index (κ3) is 3.74. The predicted octanol–water partition coefficient (Wildman–Crippen LogP) is 1.54. The van der Waals surface area contributed by atoms with E-state index >= 15 is 0 Å². The van der Waals surface area contributed by atoms with Crippen molar-refractivity contribution < 1.29 is 4.79 Å². The van der Waals surface area contributed by atoms with E-state index in [1.165, 1.54) is 27.9 Å². The Morgan fingerprint density at radius 3 is 2.92 bits per heavy atom. The van der Waals surface area contributed by atoms with Crippen LogP contribution in [-0.2, 0) is 6.54 Å². The molecule has 0 radical (unpaired) electrons. The fourth-order valence-corrected chi connectivity index (χ4v) is 3.80. The molecule has 1 aromatic carbocycles. The normalized spacial score (nSPS) is 10.7. The highest BCUT2D eigenvalue weighted by Gasteiger charge is 2.15. The van der Waals surface area contributed by atoms with Gasteiger partial charge in [-0.1, -0.05) is 11.8 Å². The van der Waals surface area contributed by atoms with Crippen molar-refractivity contribution in [3.8, 4) is 0 Å². The number of nitrogens with two attached hydrogens (primary N) is 3. The molecular weight excluding hydrogens is 372 g/mol. The van der Waals surface area contributed by atoms with Gasteiger partial charge in [0.05, 0.1) is 11.8 Å². The molecule has 136 valence electrons. The molecule has 9 nitrogen and oxygen atoms in total. The zero-order valence-electron chi connectivity index (χ0n) is 13.9. The monoisotopic (exact) mass is 390 g/mol. The summed E-state index contributed by atoms with van der Waals surface area (Å²) in [5.41, 5.74) is 13.2. The highest BCUT2D eigenvalue weighted by atomic mass is 32.2. The van der Waals surface area contributed by atoms with Crippen molar-refractivity contribution in [3.63, 3.8) is 0 Å². The minimum Gasteiger partial charge on any atom is -0.398 e. The first kappa shape index (κ1) is 18.0. The molecule has 3 rings (SSSR count). The number of benzene rings is 1. The third-order valence-corrected chi connectivity index (χ3v) is 5.40. The molecule has 1 amide bonds. The van der Waals surface area contributed by atoms with Gasteiger partial charge in [0.25, 0.3) is 5.91 Å². The Hall–Kier alpha value is -2.76. The number of amides is 1. The Morgan fingerprint density at radius 1 is 1.42 bits per heavy atom. The van der Waals surface area contributed by atoms with Crippen LogP contribution in [0.5, 0.6) is 0 Å². The predicted molar refractivity (Wildman–Crippen MR) is 105 cm³/mol. The lowest BCUT2D eigenvalue weighted by Gasteiger charge is -2.09. The topological polar surface area (TPSA) is 150 Å². The van der Waals surface area contributed by atoms with Gasteiger partial charge < -0.3 is 22.6 Å². The van der Waals surface area contributed by atoms with Crippen molar-refractivity contribution in [1.82, 2.24) is 14.9 Å². The van der Waals surface area contributed by atoms with Crippen LogP contribution < -0.4 is 27.9 Å². The summed E-state index contributed by atoms with van der Waals surface area (Å²) in [6, 6.07) is 5.19. The second-order valence-corrected chi connectivity index (χ2v) is 7.14. The van der Waals surface area contributed by atoms with Crippen LogP contribution >= 0.6 is 23.1 Å². The number of thiazole rings is 1. The summed E-state index contributed by atoms with van der Waals surface area (Å²) in [6.45, 7) is 0.319. The van der Waals surface area contributed by atoms with Gasteiger partial charge in [-0.05, 0) is 18.2 Å².